The normalized spacial score (nSPS) is 17.3. The molecule has 1 saturated heterocycles. The van der Waals surface area contributed by atoms with Gasteiger partial charge in [-0.25, -0.2) is 9.78 Å². The van der Waals surface area contributed by atoms with E-state index in [1.165, 1.54) is 6.39 Å². The van der Waals surface area contributed by atoms with Crippen LogP contribution in [0.1, 0.15) is 41.9 Å². The van der Waals surface area contributed by atoms with Crippen molar-refractivity contribution in [3.8, 4) is 0 Å². The van der Waals surface area contributed by atoms with Gasteiger partial charge in [0.15, 0.2) is 12.1 Å². The van der Waals surface area contributed by atoms with Crippen LogP contribution < -0.4 is 5.32 Å². The van der Waals surface area contributed by atoms with E-state index in [0.29, 0.717) is 18.1 Å². The highest BCUT2D eigenvalue weighted by atomic mass is 16.5. The summed E-state index contributed by atoms with van der Waals surface area (Å²) < 4.78 is 10.3. The summed E-state index contributed by atoms with van der Waals surface area (Å²) in [6, 6.07) is 0. The number of oxazole rings is 1. The zero-order chi connectivity index (χ0) is 11.4. The first kappa shape index (κ1) is 11.1. The number of carbonyl (C=O) groups excluding carboxylic acids is 1. The summed E-state index contributed by atoms with van der Waals surface area (Å²) in [5.74, 6) is 0.577. The van der Waals surface area contributed by atoms with Crippen LogP contribution in [-0.2, 0) is 4.74 Å². The third kappa shape index (κ3) is 2.24. The number of nitrogens with zero attached hydrogens (tertiary/aromatic N) is 1. The molecule has 5 nitrogen and oxygen atoms in total. The fourth-order valence-corrected chi connectivity index (χ4v) is 1.98. The van der Waals surface area contributed by atoms with Gasteiger partial charge < -0.3 is 14.5 Å². The second-order valence-corrected chi connectivity index (χ2v) is 3.81. The van der Waals surface area contributed by atoms with E-state index in [9.17, 15) is 4.79 Å². The van der Waals surface area contributed by atoms with Crippen LogP contribution in [0.5, 0.6) is 0 Å². The summed E-state index contributed by atoms with van der Waals surface area (Å²) in [5.41, 5.74) is 0.341. The molecule has 0 radical (unpaired) electrons. The Labute approximate surface area is 94.2 Å². The van der Waals surface area contributed by atoms with Crippen LogP contribution in [0.15, 0.2) is 10.8 Å². The molecule has 1 fully saturated rings. The summed E-state index contributed by atoms with van der Waals surface area (Å²) in [6.07, 6.45) is 3.27. The van der Waals surface area contributed by atoms with Crippen LogP contribution in [0.4, 0.5) is 0 Å². The zero-order valence-electron chi connectivity index (χ0n) is 9.36. The van der Waals surface area contributed by atoms with Gasteiger partial charge in [-0.15, -0.1) is 0 Å². The third-order valence-electron chi connectivity index (χ3n) is 2.77. The van der Waals surface area contributed by atoms with Crippen molar-refractivity contribution in [3.05, 3.63) is 17.8 Å². The Hall–Kier alpha value is -1.36. The molecule has 1 aromatic rings. The molecule has 0 aromatic carbocycles. The molecule has 1 N–H and O–H groups in total. The third-order valence-corrected chi connectivity index (χ3v) is 2.77. The molecule has 2 rings (SSSR count). The lowest BCUT2D eigenvalue weighted by Crippen LogP contribution is -2.27. The van der Waals surface area contributed by atoms with E-state index in [4.69, 9.17) is 9.15 Å². The summed E-state index contributed by atoms with van der Waals surface area (Å²) in [4.78, 5) is 15.6. The first-order valence-corrected chi connectivity index (χ1v) is 5.64. The van der Waals surface area contributed by atoms with E-state index in [1.54, 1.807) is 6.92 Å². The van der Waals surface area contributed by atoms with Gasteiger partial charge in [0.2, 0.25) is 0 Å². The molecule has 0 saturated carbocycles. The van der Waals surface area contributed by atoms with Crippen molar-refractivity contribution in [2.24, 2.45) is 0 Å². The minimum atomic E-state index is -0.384. The Morgan fingerprint density at radius 2 is 2.38 bits per heavy atom. The maximum absolute atomic E-state index is 11.6. The Bertz CT molecular complexity index is 356. The number of hydrogen-bond donors (Lipinski definition) is 1. The average Bonchev–Trinajstić information content (AvgIpc) is 2.79. The van der Waals surface area contributed by atoms with Gasteiger partial charge in [0.05, 0.1) is 6.61 Å². The minimum Gasteiger partial charge on any atom is -0.461 e. The molecular weight excluding hydrogens is 208 g/mol. The standard InChI is InChI=1S/C11H16N2O3/c1-2-15-11(14)9-10(16-7-13-9)8-3-5-12-6-4-8/h7-8,12H,2-6H2,1H3. The van der Waals surface area contributed by atoms with Crippen molar-refractivity contribution in [1.82, 2.24) is 10.3 Å². The van der Waals surface area contributed by atoms with Crippen LogP contribution in [0, 0.1) is 0 Å². The molecular formula is C11H16N2O3. The van der Waals surface area contributed by atoms with E-state index in [0.717, 1.165) is 25.9 Å². The predicted molar refractivity (Wildman–Crippen MR) is 57.3 cm³/mol. The summed E-state index contributed by atoms with van der Waals surface area (Å²) in [7, 11) is 0. The highest BCUT2D eigenvalue weighted by molar-refractivity contribution is 5.88. The molecule has 0 atom stereocenters. The van der Waals surface area contributed by atoms with Crippen molar-refractivity contribution >= 4 is 5.97 Å². The number of esters is 1. The topological polar surface area (TPSA) is 64.4 Å². The Morgan fingerprint density at radius 3 is 3.06 bits per heavy atom. The Morgan fingerprint density at radius 1 is 1.62 bits per heavy atom. The van der Waals surface area contributed by atoms with Crippen LogP contribution in [0.3, 0.4) is 0 Å². The fourth-order valence-electron chi connectivity index (χ4n) is 1.98. The lowest BCUT2D eigenvalue weighted by molar-refractivity contribution is 0.0516. The second-order valence-electron chi connectivity index (χ2n) is 3.81. The van der Waals surface area contributed by atoms with Crippen LogP contribution in [0.25, 0.3) is 0 Å². The quantitative estimate of drug-likeness (QED) is 0.784. The Balaban J connectivity index is 2.14. The van der Waals surface area contributed by atoms with Gasteiger partial charge in [-0.2, -0.15) is 0 Å². The first-order valence-electron chi connectivity index (χ1n) is 5.64. The van der Waals surface area contributed by atoms with Gasteiger partial charge in [0, 0.05) is 5.92 Å². The first-order chi connectivity index (χ1) is 7.83. The smallest absolute Gasteiger partial charge is 0.360 e. The molecule has 0 bridgehead atoms. The molecule has 0 amide bonds. The fraction of sp³-hybridized carbons (Fsp3) is 0.636. The number of rotatable bonds is 3. The Kier molecular flexibility index (Phi) is 3.56. The van der Waals surface area contributed by atoms with Gasteiger partial charge in [0.25, 0.3) is 0 Å². The average molecular weight is 224 g/mol. The monoisotopic (exact) mass is 224 g/mol. The SMILES string of the molecule is CCOC(=O)c1ncoc1C1CCNCC1. The van der Waals surface area contributed by atoms with Gasteiger partial charge in [-0.1, -0.05) is 0 Å². The van der Waals surface area contributed by atoms with E-state index >= 15 is 0 Å². The van der Waals surface area contributed by atoms with Gasteiger partial charge in [0.1, 0.15) is 5.76 Å². The largest absolute Gasteiger partial charge is 0.461 e. The molecule has 16 heavy (non-hydrogen) atoms. The van der Waals surface area contributed by atoms with Gasteiger partial charge in [-0.3, -0.25) is 0 Å². The van der Waals surface area contributed by atoms with Crippen LogP contribution in [-0.4, -0.2) is 30.6 Å². The zero-order valence-corrected chi connectivity index (χ0v) is 9.36. The maximum Gasteiger partial charge on any atom is 0.360 e. The highest BCUT2D eigenvalue weighted by Crippen LogP contribution is 2.27. The van der Waals surface area contributed by atoms with Crippen LogP contribution in [0.2, 0.25) is 0 Å². The second kappa shape index (κ2) is 5.12. The number of carbonyl (C=O) groups is 1. The van der Waals surface area contributed by atoms with E-state index in [-0.39, 0.29) is 11.9 Å². The summed E-state index contributed by atoms with van der Waals surface area (Å²) >= 11 is 0. The van der Waals surface area contributed by atoms with E-state index in [1.807, 2.05) is 0 Å². The maximum atomic E-state index is 11.6. The molecule has 88 valence electrons. The molecule has 1 aliphatic rings. The van der Waals surface area contributed by atoms with E-state index < -0.39 is 0 Å². The van der Waals surface area contributed by atoms with Crippen molar-refractivity contribution in [2.45, 2.75) is 25.7 Å². The van der Waals surface area contributed by atoms with Crippen molar-refractivity contribution in [3.63, 3.8) is 0 Å². The molecule has 1 aromatic heterocycles. The molecule has 2 heterocycles. The molecule has 0 aliphatic carbocycles. The van der Waals surface area contributed by atoms with E-state index in [2.05, 4.69) is 10.3 Å². The molecule has 1 aliphatic heterocycles. The lowest BCUT2D eigenvalue weighted by Gasteiger charge is -2.20. The highest BCUT2D eigenvalue weighted by Gasteiger charge is 2.26. The summed E-state index contributed by atoms with van der Waals surface area (Å²) in [5, 5.41) is 3.27. The van der Waals surface area contributed by atoms with Crippen LogP contribution >= 0.6 is 0 Å². The number of aromatic nitrogens is 1. The summed E-state index contributed by atoms with van der Waals surface area (Å²) in [6.45, 7) is 4.04. The van der Waals surface area contributed by atoms with Gasteiger partial charge >= 0.3 is 5.97 Å². The minimum absolute atomic E-state index is 0.281. The van der Waals surface area contributed by atoms with Crippen molar-refractivity contribution in [1.29, 1.82) is 0 Å². The van der Waals surface area contributed by atoms with Crippen molar-refractivity contribution < 1.29 is 13.9 Å². The predicted octanol–water partition coefficient (Wildman–Crippen LogP) is 1.32. The lowest BCUT2D eigenvalue weighted by atomic mass is 9.94. The number of piperidine rings is 1. The molecule has 0 spiro atoms. The van der Waals surface area contributed by atoms with Gasteiger partial charge in [-0.05, 0) is 32.9 Å². The number of nitrogens with one attached hydrogen (secondary N) is 1. The van der Waals surface area contributed by atoms with Crippen molar-refractivity contribution in [2.75, 3.05) is 19.7 Å². The number of hydrogen-bond acceptors (Lipinski definition) is 5. The molecule has 5 heteroatoms. The molecule has 0 unspecified atom stereocenters. The number of ether oxygens (including phenoxy) is 1.